The Morgan fingerprint density at radius 1 is 1.67 bits per heavy atom. The van der Waals surface area contributed by atoms with Crippen LogP contribution in [0.25, 0.3) is 5.65 Å². The minimum Gasteiger partial charge on any atom is -0.476 e. The molecule has 0 spiro atoms. The van der Waals surface area contributed by atoms with Crippen LogP contribution in [0.5, 0.6) is 0 Å². The molecule has 1 N–H and O–H groups in total. The lowest BCUT2D eigenvalue weighted by Gasteiger charge is -1.94. The van der Waals surface area contributed by atoms with Gasteiger partial charge < -0.3 is 5.11 Å². The number of rotatable bonds is 2. The van der Waals surface area contributed by atoms with Crippen LogP contribution < -0.4 is 0 Å². The molecule has 2 aromatic rings. The Kier molecular flexibility index (Phi) is 2.32. The minimum atomic E-state index is -1.05. The highest BCUT2D eigenvalue weighted by atomic mass is 35.5. The van der Waals surface area contributed by atoms with Crippen molar-refractivity contribution in [1.82, 2.24) is 14.6 Å². The van der Waals surface area contributed by atoms with Crippen LogP contribution in [-0.4, -0.2) is 25.7 Å². The maximum Gasteiger partial charge on any atom is 0.356 e. The lowest BCUT2D eigenvalue weighted by molar-refractivity contribution is 0.0689. The highest BCUT2D eigenvalue weighted by Gasteiger charge is 2.17. The number of aryl methyl sites for hydroxylation is 1. The van der Waals surface area contributed by atoms with Crippen LogP contribution >= 0.6 is 11.6 Å². The molecule has 0 amide bonds. The lowest BCUT2D eigenvalue weighted by Crippen LogP contribution is -2.00. The van der Waals surface area contributed by atoms with Crippen molar-refractivity contribution in [2.75, 3.05) is 0 Å². The number of nitrogens with zero attached hydrogens (tertiary/aromatic N) is 3. The van der Waals surface area contributed by atoms with E-state index in [4.69, 9.17) is 16.7 Å². The monoisotopic (exact) mass is 225 g/mol. The number of carbonyl (C=O) groups is 1. The fourth-order valence-corrected chi connectivity index (χ4v) is 1.60. The molecule has 2 heterocycles. The Morgan fingerprint density at radius 2 is 2.40 bits per heavy atom. The summed E-state index contributed by atoms with van der Waals surface area (Å²) in [6.45, 7) is 1.86. The van der Waals surface area contributed by atoms with Gasteiger partial charge in [0.1, 0.15) is 0 Å². The van der Waals surface area contributed by atoms with Crippen LogP contribution in [0.4, 0.5) is 0 Å². The van der Waals surface area contributed by atoms with Crippen LogP contribution in [0.2, 0.25) is 5.02 Å². The minimum absolute atomic E-state index is 0.0345. The molecule has 0 atom stereocenters. The molecule has 0 aliphatic carbocycles. The topological polar surface area (TPSA) is 67.5 Å². The summed E-state index contributed by atoms with van der Waals surface area (Å²) in [5.41, 5.74) is 1.20. The van der Waals surface area contributed by atoms with E-state index in [9.17, 15) is 4.79 Å². The van der Waals surface area contributed by atoms with Gasteiger partial charge in [0, 0.05) is 11.8 Å². The molecule has 0 aromatic carbocycles. The largest absolute Gasteiger partial charge is 0.476 e. The molecule has 0 aliphatic rings. The molecule has 0 fully saturated rings. The molecule has 0 bridgehead atoms. The lowest BCUT2D eigenvalue weighted by atomic mass is 10.2. The first kappa shape index (κ1) is 9.92. The molecule has 2 aromatic heterocycles. The summed E-state index contributed by atoms with van der Waals surface area (Å²) >= 11 is 5.73. The van der Waals surface area contributed by atoms with Crippen molar-refractivity contribution in [1.29, 1.82) is 0 Å². The summed E-state index contributed by atoms with van der Waals surface area (Å²) in [5.74, 6) is -1.05. The molecule has 6 heteroatoms. The Hall–Kier alpha value is -1.62. The molecule has 0 aliphatic heterocycles. The Morgan fingerprint density at radius 3 is 3.00 bits per heavy atom. The van der Waals surface area contributed by atoms with Crippen molar-refractivity contribution in [2.24, 2.45) is 0 Å². The molecular weight excluding hydrogens is 218 g/mol. The molecule has 78 valence electrons. The van der Waals surface area contributed by atoms with Gasteiger partial charge in [0.15, 0.2) is 11.3 Å². The Bertz CT molecular complexity index is 535. The number of hydrogen-bond acceptors (Lipinski definition) is 3. The van der Waals surface area contributed by atoms with Gasteiger partial charge in [0.2, 0.25) is 0 Å². The van der Waals surface area contributed by atoms with Gasteiger partial charge in [-0.3, -0.25) is 0 Å². The first-order valence-corrected chi connectivity index (χ1v) is 4.77. The third-order valence-corrected chi connectivity index (χ3v) is 2.29. The Balaban J connectivity index is 2.78. The van der Waals surface area contributed by atoms with Crippen molar-refractivity contribution < 1.29 is 9.90 Å². The standard InChI is InChI=1S/C9H8ClN3O2/c1-2-6-7(9(14)15)12-13-4-5(10)3-11-8(6)13/h3-4H,2H2,1H3,(H,14,15). The third kappa shape index (κ3) is 1.55. The van der Waals surface area contributed by atoms with Gasteiger partial charge in [0.25, 0.3) is 0 Å². The highest BCUT2D eigenvalue weighted by molar-refractivity contribution is 6.30. The van der Waals surface area contributed by atoms with E-state index in [1.807, 2.05) is 6.92 Å². The van der Waals surface area contributed by atoms with E-state index in [2.05, 4.69) is 10.1 Å². The SMILES string of the molecule is CCc1c(C(=O)O)nn2cc(Cl)cnc12. The molecule has 0 saturated heterocycles. The maximum atomic E-state index is 10.9. The zero-order valence-electron chi connectivity index (χ0n) is 7.94. The molecular formula is C9H8ClN3O2. The first-order chi connectivity index (χ1) is 7.13. The number of aromatic nitrogens is 3. The predicted octanol–water partition coefficient (Wildman–Crippen LogP) is 1.64. The fourth-order valence-electron chi connectivity index (χ4n) is 1.46. The van der Waals surface area contributed by atoms with Crippen LogP contribution in [-0.2, 0) is 6.42 Å². The second kappa shape index (κ2) is 3.51. The third-order valence-electron chi connectivity index (χ3n) is 2.09. The second-order valence-corrected chi connectivity index (χ2v) is 3.46. The maximum absolute atomic E-state index is 10.9. The van der Waals surface area contributed by atoms with Crippen molar-refractivity contribution in [3.63, 3.8) is 0 Å². The number of fused-ring (bicyclic) bond motifs is 1. The summed E-state index contributed by atoms with van der Waals surface area (Å²) in [6, 6.07) is 0. The van der Waals surface area contributed by atoms with E-state index in [-0.39, 0.29) is 5.69 Å². The van der Waals surface area contributed by atoms with Gasteiger partial charge in [-0.1, -0.05) is 18.5 Å². The smallest absolute Gasteiger partial charge is 0.356 e. The van der Waals surface area contributed by atoms with Crippen molar-refractivity contribution in [3.05, 3.63) is 28.7 Å². The zero-order valence-corrected chi connectivity index (χ0v) is 8.69. The summed E-state index contributed by atoms with van der Waals surface area (Å²) in [7, 11) is 0. The van der Waals surface area contributed by atoms with Gasteiger partial charge >= 0.3 is 5.97 Å². The van der Waals surface area contributed by atoms with E-state index < -0.39 is 5.97 Å². The van der Waals surface area contributed by atoms with Crippen LogP contribution in [0.3, 0.4) is 0 Å². The van der Waals surface area contributed by atoms with Gasteiger partial charge in [-0.05, 0) is 6.42 Å². The quantitative estimate of drug-likeness (QED) is 0.844. The van der Waals surface area contributed by atoms with Gasteiger partial charge in [-0.25, -0.2) is 14.3 Å². The van der Waals surface area contributed by atoms with E-state index in [1.54, 1.807) is 0 Å². The van der Waals surface area contributed by atoms with E-state index in [1.165, 1.54) is 16.9 Å². The fraction of sp³-hybridized carbons (Fsp3) is 0.222. The van der Waals surface area contributed by atoms with Crippen molar-refractivity contribution in [3.8, 4) is 0 Å². The number of carboxylic acids is 1. The van der Waals surface area contributed by atoms with Crippen molar-refractivity contribution in [2.45, 2.75) is 13.3 Å². The first-order valence-electron chi connectivity index (χ1n) is 4.39. The normalized spacial score (nSPS) is 10.8. The summed E-state index contributed by atoms with van der Waals surface area (Å²) < 4.78 is 1.39. The zero-order chi connectivity index (χ0) is 11.0. The summed E-state index contributed by atoms with van der Waals surface area (Å²) in [5, 5.41) is 13.3. The molecule has 0 radical (unpaired) electrons. The average Bonchev–Trinajstić information content (AvgIpc) is 2.55. The molecule has 5 nitrogen and oxygen atoms in total. The molecule has 2 rings (SSSR count). The number of halogens is 1. The highest BCUT2D eigenvalue weighted by Crippen LogP contribution is 2.16. The average molecular weight is 226 g/mol. The molecule has 0 unspecified atom stereocenters. The van der Waals surface area contributed by atoms with Gasteiger partial charge in [0.05, 0.1) is 11.2 Å². The number of hydrogen-bond donors (Lipinski definition) is 1. The molecule has 15 heavy (non-hydrogen) atoms. The van der Waals surface area contributed by atoms with E-state index in [0.717, 1.165) is 0 Å². The number of carboxylic acid groups (broad SMARTS) is 1. The van der Waals surface area contributed by atoms with Crippen LogP contribution in [0.1, 0.15) is 23.0 Å². The van der Waals surface area contributed by atoms with Crippen LogP contribution in [0.15, 0.2) is 12.4 Å². The van der Waals surface area contributed by atoms with E-state index >= 15 is 0 Å². The Labute approximate surface area is 90.3 Å². The van der Waals surface area contributed by atoms with Gasteiger partial charge in [-0.2, -0.15) is 5.10 Å². The van der Waals surface area contributed by atoms with E-state index in [0.29, 0.717) is 22.7 Å². The predicted molar refractivity (Wildman–Crippen MR) is 54.3 cm³/mol. The summed E-state index contributed by atoms with van der Waals surface area (Å²) in [6.07, 6.45) is 3.58. The number of aromatic carboxylic acids is 1. The van der Waals surface area contributed by atoms with Crippen LogP contribution in [0, 0.1) is 0 Å². The second-order valence-electron chi connectivity index (χ2n) is 3.03. The van der Waals surface area contributed by atoms with Crippen molar-refractivity contribution >= 4 is 23.2 Å². The molecule has 0 saturated carbocycles. The summed E-state index contributed by atoms with van der Waals surface area (Å²) in [4.78, 5) is 15.0. The van der Waals surface area contributed by atoms with Gasteiger partial charge in [-0.15, -0.1) is 0 Å².